The van der Waals surface area contributed by atoms with Crippen molar-refractivity contribution in [1.82, 2.24) is 9.78 Å². The first kappa shape index (κ1) is 11.4. The number of aldehydes is 1. The molecule has 0 aliphatic heterocycles. The van der Waals surface area contributed by atoms with Crippen LogP contribution in [-0.2, 0) is 7.05 Å². The fraction of sp³-hybridized carbons (Fsp3) is 0.231. The molecule has 0 radical (unpaired) electrons. The van der Waals surface area contributed by atoms with Gasteiger partial charge in [-0.05, 0) is 26.0 Å². The van der Waals surface area contributed by atoms with Gasteiger partial charge in [0.1, 0.15) is 17.7 Å². The Kier molecular flexibility index (Phi) is 2.95. The molecule has 0 N–H and O–H groups in total. The van der Waals surface area contributed by atoms with Crippen molar-refractivity contribution in [2.24, 2.45) is 7.05 Å². The van der Waals surface area contributed by atoms with Crippen LogP contribution in [0.2, 0.25) is 0 Å². The van der Waals surface area contributed by atoms with E-state index in [-0.39, 0.29) is 0 Å². The summed E-state index contributed by atoms with van der Waals surface area (Å²) in [6, 6.07) is 7.06. The molecule has 0 spiro atoms. The number of aromatic nitrogens is 2. The predicted molar refractivity (Wildman–Crippen MR) is 64.6 cm³/mol. The van der Waals surface area contributed by atoms with Crippen molar-refractivity contribution < 1.29 is 9.53 Å². The Morgan fingerprint density at radius 3 is 2.71 bits per heavy atom. The number of rotatable bonds is 3. The number of carbonyl (C=O) groups is 1. The van der Waals surface area contributed by atoms with Crippen molar-refractivity contribution in [3.63, 3.8) is 0 Å². The smallest absolute Gasteiger partial charge is 0.171 e. The maximum Gasteiger partial charge on any atom is 0.171 e. The van der Waals surface area contributed by atoms with E-state index in [2.05, 4.69) is 5.10 Å². The molecule has 0 aliphatic rings. The molecule has 0 amide bonds. The summed E-state index contributed by atoms with van der Waals surface area (Å²) in [5.41, 5.74) is 2.39. The van der Waals surface area contributed by atoms with Gasteiger partial charge in [0.25, 0.3) is 0 Å². The molecular weight excluding hydrogens is 216 g/mol. The second-order valence-corrected chi connectivity index (χ2v) is 3.92. The number of aryl methyl sites for hydroxylation is 2. The van der Waals surface area contributed by atoms with Crippen molar-refractivity contribution in [2.75, 3.05) is 0 Å². The number of carbonyl (C=O) groups excluding carboxylic acids is 1. The van der Waals surface area contributed by atoms with Gasteiger partial charge >= 0.3 is 0 Å². The van der Waals surface area contributed by atoms with Crippen LogP contribution >= 0.6 is 0 Å². The van der Waals surface area contributed by atoms with Crippen LogP contribution in [0, 0.1) is 13.8 Å². The van der Waals surface area contributed by atoms with Crippen LogP contribution in [-0.4, -0.2) is 16.1 Å². The third kappa shape index (κ3) is 2.20. The van der Waals surface area contributed by atoms with E-state index in [0.29, 0.717) is 11.3 Å². The van der Waals surface area contributed by atoms with Gasteiger partial charge in [-0.2, -0.15) is 5.10 Å². The zero-order valence-corrected chi connectivity index (χ0v) is 10.1. The van der Waals surface area contributed by atoms with Gasteiger partial charge in [-0.3, -0.25) is 9.48 Å². The van der Waals surface area contributed by atoms with Gasteiger partial charge < -0.3 is 4.74 Å². The van der Waals surface area contributed by atoms with Crippen molar-refractivity contribution in [1.29, 1.82) is 0 Å². The second kappa shape index (κ2) is 4.41. The molecule has 0 fully saturated rings. The number of hydrogen-bond donors (Lipinski definition) is 0. The van der Waals surface area contributed by atoms with Crippen molar-refractivity contribution in [2.45, 2.75) is 13.8 Å². The molecule has 0 saturated heterocycles. The van der Waals surface area contributed by atoms with E-state index in [1.54, 1.807) is 22.9 Å². The van der Waals surface area contributed by atoms with E-state index in [4.69, 9.17) is 4.74 Å². The minimum Gasteiger partial charge on any atom is -0.453 e. The third-order valence-corrected chi connectivity index (χ3v) is 2.66. The summed E-state index contributed by atoms with van der Waals surface area (Å²) in [5, 5.41) is 4.27. The summed E-state index contributed by atoms with van der Waals surface area (Å²) in [5.74, 6) is 1.39. The minimum atomic E-state index is 0.599. The summed E-state index contributed by atoms with van der Waals surface area (Å²) in [6.45, 7) is 3.84. The normalized spacial score (nSPS) is 10.3. The number of nitrogens with zero attached hydrogens (tertiary/aromatic N) is 2. The second-order valence-electron chi connectivity index (χ2n) is 3.92. The molecule has 4 heteroatoms. The number of ether oxygens (including phenoxy) is 1. The summed E-state index contributed by atoms with van der Waals surface area (Å²) in [6.07, 6.45) is 0.801. The molecule has 0 unspecified atom stereocenters. The Hall–Kier alpha value is -2.10. The molecule has 1 heterocycles. The Morgan fingerprint density at radius 1 is 1.35 bits per heavy atom. The lowest BCUT2D eigenvalue weighted by atomic mass is 10.2. The van der Waals surface area contributed by atoms with Crippen LogP contribution in [0.25, 0.3) is 0 Å². The molecule has 2 rings (SSSR count). The number of hydrogen-bond acceptors (Lipinski definition) is 3. The van der Waals surface area contributed by atoms with Gasteiger partial charge in [0.05, 0.1) is 5.69 Å². The van der Waals surface area contributed by atoms with Crippen molar-refractivity contribution in [3.8, 4) is 11.5 Å². The molecule has 4 nitrogen and oxygen atoms in total. The van der Waals surface area contributed by atoms with Crippen molar-refractivity contribution in [3.05, 3.63) is 41.2 Å². The lowest BCUT2D eigenvalue weighted by molar-refractivity contribution is 0.112. The van der Waals surface area contributed by atoms with E-state index in [9.17, 15) is 4.79 Å². The van der Waals surface area contributed by atoms with E-state index in [0.717, 1.165) is 23.4 Å². The van der Waals surface area contributed by atoms with E-state index < -0.39 is 0 Å². The SMILES string of the molecule is Cc1nn(C)c(C)c1Oc1cccc(C=O)c1. The van der Waals surface area contributed by atoms with E-state index >= 15 is 0 Å². The van der Waals surface area contributed by atoms with Crippen LogP contribution in [0.4, 0.5) is 0 Å². The van der Waals surface area contributed by atoms with Gasteiger partial charge in [-0.25, -0.2) is 0 Å². The maximum absolute atomic E-state index is 10.7. The quantitative estimate of drug-likeness (QED) is 0.761. The Balaban J connectivity index is 2.34. The molecule has 17 heavy (non-hydrogen) atoms. The third-order valence-electron chi connectivity index (χ3n) is 2.66. The molecule has 0 bridgehead atoms. The Bertz CT molecular complexity index is 559. The predicted octanol–water partition coefficient (Wildman–Crippen LogP) is 2.64. The highest BCUT2D eigenvalue weighted by Crippen LogP contribution is 2.28. The molecule has 0 atom stereocenters. The van der Waals surface area contributed by atoms with Gasteiger partial charge in [0, 0.05) is 12.6 Å². The van der Waals surface area contributed by atoms with E-state index in [1.807, 2.05) is 27.0 Å². The maximum atomic E-state index is 10.7. The Labute approximate surface area is 99.8 Å². The van der Waals surface area contributed by atoms with Crippen LogP contribution in [0.1, 0.15) is 21.7 Å². The van der Waals surface area contributed by atoms with Crippen LogP contribution in [0.15, 0.2) is 24.3 Å². The first-order valence-corrected chi connectivity index (χ1v) is 5.35. The molecule has 0 aliphatic carbocycles. The van der Waals surface area contributed by atoms with Crippen molar-refractivity contribution >= 4 is 6.29 Å². The highest BCUT2D eigenvalue weighted by Gasteiger charge is 2.11. The molecule has 0 saturated carbocycles. The Morgan fingerprint density at radius 2 is 2.12 bits per heavy atom. The average molecular weight is 230 g/mol. The summed E-state index contributed by atoms with van der Waals surface area (Å²) < 4.78 is 7.53. The summed E-state index contributed by atoms with van der Waals surface area (Å²) in [7, 11) is 1.87. The van der Waals surface area contributed by atoms with Gasteiger partial charge in [0.15, 0.2) is 5.75 Å². The van der Waals surface area contributed by atoms with E-state index in [1.165, 1.54) is 0 Å². The monoisotopic (exact) mass is 230 g/mol. The highest BCUT2D eigenvalue weighted by molar-refractivity contribution is 5.75. The van der Waals surface area contributed by atoms with Gasteiger partial charge in [-0.15, -0.1) is 0 Å². The summed E-state index contributed by atoms with van der Waals surface area (Å²) in [4.78, 5) is 10.7. The lowest BCUT2D eigenvalue weighted by Crippen LogP contribution is -1.93. The molecule has 88 valence electrons. The van der Waals surface area contributed by atoms with Gasteiger partial charge in [0.2, 0.25) is 0 Å². The lowest BCUT2D eigenvalue weighted by Gasteiger charge is -2.06. The largest absolute Gasteiger partial charge is 0.453 e. The highest BCUT2D eigenvalue weighted by atomic mass is 16.5. The van der Waals surface area contributed by atoms with Crippen LogP contribution in [0.3, 0.4) is 0 Å². The fourth-order valence-corrected chi connectivity index (χ4v) is 1.67. The fourth-order valence-electron chi connectivity index (χ4n) is 1.67. The molecule has 1 aromatic carbocycles. The average Bonchev–Trinajstić information content (AvgIpc) is 2.56. The number of benzene rings is 1. The van der Waals surface area contributed by atoms with Gasteiger partial charge in [-0.1, -0.05) is 12.1 Å². The zero-order valence-electron chi connectivity index (χ0n) is 10.1. The standard InChI is InChI=1S/C13H14N2O2/c1-9-13(10(2)15(3)14-9)17-12-6-4-5-11(7-12)8-16/h4-8H,1-3H3. The molecule has 1 aromatic heterocycles. The molecular formula is C13H14N2O2. The first-order valence-electron chi connectivity index (χ1n) is 5.35. The first-order chi connectivity index (χ1) is 8.11. The zero-order chi connectivity index (χ0) is 12.4. The molecule has 2 aromatic rings. The summed E-state index contributed by atoms with van der Waals surface area (Å²) >= 11 is 0. The van der Waals surface area contributed by atoms with Crippen LogP contribution in [0.5, 0.6) is 11.5 Å². The topological polar surface area (TPSA) is 44.1 Å². The van der Waals surface area contributed by atoms with Crippen LogP contribution < -0.4 is 4.74 Å². The minimum absolute atomic E-state index is 0.599.